The number of pyridine rings is 2. The summed E-state index contributed by atoms with van der Waals surface area (Å²) in [5.41, 5.74) is 1.83. The third-order valence-electron chi connectivity index (χ3n) is 1.59. The minimum Gasteiger partial charge on any atom is -0.255 e. The Labute approximate surface area is 132 Å². The van der Waals surface area contributed by atoms with Gasteiger partial charge in [0.2, 0.25) is 0 Å². The molecule has 0 fully saturated rings. The minimum absolute atomic E-state index is 0. The van der Waals surface area contributed by atoms with Crippen molar-refractivity contribution in [2.45, 2.75) is 0 Å². The zero-order valence-electron chi connectivity index (χ0n) is 10.4. The smallest absolute Gasteiger partial charge is 0.0886 e. The third kappa shape index (κ3) is 14.9. The van der Waals surface area contributed by atoms with E-state index >= 15 is 0 Å². The summed E-state index contributed by atoms with van der Waals surface area (Å²) in [4.78, 5) is 8.37. The Balaban J connectivity index is -0.000000144. The van der Waals surface area contributed by atoms with Gasteiger partial charge in [0.25, 0.3) is 0 Å². The molecular formula is C10H14CrN2NiO7. The molecule has 2 aromatic rings. The zero-order valence-corrected chi connectivity index (χ0v) is 12.6. The van der Waals surface area contributed by atoms with Gasteiger partial charge in [0.05, 0.1) is 11.4 Å². The van der Waals surface area contributed by atoms with E-state index in [9.17, 15) is 0 Å². The number of rotatable bonds is 1. The molecule has 2 heterocycles. The number of hydrogen-bond donors (Lipinski definition) is 0. The number of aromatic nitrogens is 2. The van der Waals surface area contributed by atoms with E-state index in [2.05, 4.69) is 9.97 Å². The van der Waals surface area contributed by atoms with Crippen LogP contribution in [0.5, 0.6) is 0 Å². The second kappa shape index (κ2) is 13.7. The molecule has 0 aromatic carbocycles. The first-order valence-corrected chi connectivity index (χ1v) is 6.54. The van der Waals surface area contributed by atoms with Crippen LogP contribution in [-0.4, -0.2) is 26.4 Å². The Hall–Kier alpha value is -1.27. The van der Waals surface area contributed by atoms with Crippen LogP contribution in [0.4, 0.5) is 0 Å². The Kier molecular flexibility index (Phi) is 18.2. The van der Waals surface area contributed by atoms with Gasteiger partial charge in [0.1, 0.15) is 0 Å². The first-order chi connectivity index (χ1) is 7.97. The van der Waals surface area contributed by atoms with E-state index in [-0.39, 0.29) is 32.9 Å². The normalized spacial score (nSPS) is 8.29. The molecule has 2 rings (SSSR count). The molecule has 122 valence electrons. The fourth-order valence-corrected chi connectivity index (χ4v) is 1.03. The van der Waals surface area contributed by atoms with Gasteiger partial charge in [-0.15, -0.1) is 0 Å². The average Bonchev–Trinajstić information content (AvgIpc) is 2.29. The number of nitrogens with zero attached hydrogens (tertiary/aromatic N) is 2. The van der Waals surface area contributed by atoms with E-state index < -0.39 is 13.6 Å². The molecule has 0 unspecified atom stereocenters. The van der Waals surface area contributed by atoms with Crippen LogP contribution in [0.25, 0.3) is 11.4 Å². The van der Waals surface area contributed by atoms with Crippen molar-refractivity contribution in [2.24, 2.45) is 0 Å². The Bertz CT molecular complexity index is 509. The second-order valence-corrected chi connectivity index (χ2v) is 4.11. The summed E-state index contributed by atoms with van der Waals surface area (Å²) in [7, 11) is 0. The van der Waals surface area contributed by atoms with Crippen molar-refractivity contribution in [1.82, 2.24) is 9.97 Å². The minimum atomic E-state index is -5.75. The van der Waals surface area contributed by atoms with Crippen LogP contribution in [0, 0.1) is 0 Å². The quantitative estimate of drug-likeness (QED) is 0.470. The summed E-state index contributed by atoms with van der Waals surface area (Å²) in [6.07, 6.45) is 3.54. The summed E-state index contributed by atoms with van der Waals surface area (Å²) in [6, 6.07) is 11.6. The van der Waals surface area contributed by atoms with Crippen molar-refractivity contribution in [1.29, 1.82) is 0 Å². The summed E-state index contributed by atoms with van der Waals surface area (Å²) < 4.78 is 34.4. The molecular weight excluding hydrogens is 371 g/mol. The van der Waals surface area contributed by atoms with E-state index in [1.807, 2.05) is 36.4 Å². The average molecular weight is 385 g/mol. The first kappa shape index (κ1) is 28.0. The first-order valence-electron chi connectivity index (χ1n) is 4.46. The molecule has 2 aromatic heterocycles. The van der Waals surface area contributed by atoms with Crippen LogP contribution in [0.3, 0.4) is 0 Å². The standard InChI is InChI=1S/C10H8N2.Cr.Ni.3H2O.4O/c1-3-7-11-9(5-1)10-6-2-4-8-12-10;;;;;;;;;/h1-8H;;;3*1H2;;;;/q;;+2;;;;;;2*-1. The molecule has 0 radical (unpaired) electrons. The van der Waals surface area contributed by atoms with Crippen molar-refractivity contribution in [3.8, 4) is 11.4 Å². The van der Waals surface area contributed by atoms with Crippen LogP contribution < -0.4 is 8.32 Å². The molecule has 0 saturated heterocycles. The van der Waals surface area contributed by atoms with Crippen LogP contribution in [0.15, 0.2) is 48.8 Å². The van der Waals surface area contributed by atoms with Crippen molar-refractivity contribution >= 4 is 0 Å². The molecule has 0 spiro atoms. The molecule has 0 saturated carbocycles. The molecule has 9 nitrogen and oxygen atoms in total. The maximum Gasteiger partial charge on any atom is 0.0886 e. The molecule has 0 atom stereocenters. The van der Waals surface area contributed by atoms with Gasteiger partial charge in [-0.25, -0.2) is 0 Å². The van der Waals surface area contributed by atoms with E-state index in [1.165, 1.54) is 0 Å². The fourth-order valence-electron chi connectivity index (χ4n) is 1.03. The van der Waals surface area contributed by atoms with Gasteiger partial charge in [-0.3, -0.25) is 9.97 Å². The van der Waals surface area contributed by atoms with Crippen molar-refractivity contribution in [2.75, 3.05) is 0 Å². The van der Waals surface area contributed by atoms with E-state index in [0.29, 0.717) is 0 Å². The largest absolute Gasteiger partial charge is 0.255 e. The van der Waals surface area contributed by atoms with Gasteiger partial charge < -0.3 is 16.4 Å². The molecule has 6 N–H and O–H groups in total. The maximum atomic E-state index is 8.59. The SMILES string of the molecule is O.O.O.[Ni+2].[O]=[Cr](=[O])([O-])[O-].c1ccc(-c2ccccn2)nc1. The van der Waals surface area contributed by atoms with Gasteiger partial charge in [0, 0.05) is 12.4 Å². The molecule has 11 heteroatoms. The Morgan fingerprint density at radius 2 is 1.05 bits per heavy atom. The van der Waals surface area contributed by atoms with Gasteiger partial charge in [-0.05, 0) is 24.3 Å². The van der Waals surface area contributed by atoms with Crippen molar-refractivity contribution in [3.63, 3.8) is 0 Å². The molecule has 0 aliphatic heterocycles. The van der Waals surface area contributed by atoms with Crippen molar-refractivity contribution < 1.29 is 62.5 Å². The van der Waals surface area contributed by atoms with Gasteiger partial charge >= 0.3 is 46.0 Å². The monoisotopic (exact) mass is 384 g/mol. The summed E-state index contributed by atoms with van der Waals surface area (Å²) in [5, 5.41) is 0. The predicted octanol–water partition coefficient (Wildman–Crippen LogP) is -2.95. The molecule has 21 heavy (non-hydrogen) atoms. The topological polar surface area (TPSA) is 201 Å². The van der Waals surface area contributed by atoms with E-state index in [0.717, 1.165) is 11.4 Å². The summed E-state index contributed by atoms with van der Waals surface area (Å²) in [5.74, 6) is 0. The molecule has 0 aliphatic carbocycles. The van der Waals surface area contributed by atoms with Crippen LogP contribution in [0.1, 0.15) is 0 Å². The molecule has 0 bridgehead atoms. The summed E-state index contributed by atoms with van der Waals surface area (Å²) >= 11 is -5.75. The van der Waals surface area contributed by atoms with Crippen molar-refractivity contribution in [3.05, 3.63) is 48.8 Å². The third-order valence-corrected chi connectivity index (χ3v) is 1.59. The van der Waals surface area contributed by atoms with Crippen LogP contribution in [-0.2, 0) is 37.7 Å². The maximum absolute atomic E-state index is 8.59. The summed E-state index contributed by atoms with van der Waals surface area (Å²) in [6.45, 7) is 0. The van der Waals surface area contributed by atoms with Crippen LogP contribution in [0.2, 0.25) is 0 Å². The number of hydrogen-bond acceptors (Lipinski definition) is 6. The van der Waals surface area contributed by atoms with E-state index in [4.69, 9.17) is 15.9 Å². The van der Waals surface area contributed by atoms with Gasteiger partial charge in [-0.1, -0.05) is 12.1 Å². The predicted molar refractivity (Wildman–Crippen MR) is 59.7 cm³/mol. The van der Waals surface area contributed by atoms with Gasteiger partial charge in [-0.2, -0.15) is 0 Å². The van der Waals surface area contributed by atoms with Crippen LogP contribution >= 0.6 is 0 Å². The Morgan fingerprint density at radius 1 is 0.762 bits per heavy atom. The molecule has 0 aliphatic rings. The van der Waals surface area contributed by atoms with Gasteiger partial charge in [0.15, 0.2) is 0 Å². The Morgan fingerprint density at radius 3 is 1.24 bits per heavy atom. The fraction of sp³-hybridized carbons (Fsp3) is 0. The zero-order chi connectivity index (χ0) is 12.7. The molecule has 0 amide bonds. The van der Waals surface area contributed by atoms with E-state index in [1.54, 1.807) is 12.4 Å². The second-order valence-electron chi connectivity index (χ2n) is 2.84.